The molecule has 0 radical (unpaired) electrons. The van der Waals surface area contributed by atoms with Crippen molar-refractivity contribution in [3.8, 4) is 0 Å². The number of hydrogen-bond donors (Lipinski definition) is 5. The van der Waals surface area contributed by atoms with Gasteiger partial charge in [-0.2, -0.15) is 0 Å². The summed E-state index contributed by atoms with van der Waals surface area (Å²) in [5, 5.41) is 12.0. The minimum absolute atomic E-state index is 0.0192. The Morgan fingerprint density at radius 3 is 1.89 bits per heavy atom. The van der Waals surface area contributed by atoms with E-state index in [2.05, 4.69) is 5.09 Å². The average molecular weight is 439 g/mol. The Labute approximate surface area is 161 Å². The number of rotatable bonds is 19. The molecule has 0 saturated carbocycles. The summed E-state index contributed by atoms with van der Waals surface area (Å²) < 4.78 is 36.7. The molecule has 11 nitrogen and oxygen atoms in total. The maximum atomic E-state index is 11.0. The van der Waals surface area contributed by atoms with Crippen molar-refractivity contribution in [1.82, 2.24) is 5.09 Å². The molecule has 2 unspecified atom stereocenters. The minimum atomic E-state index is -3.60. The van der Waals surface area contributed by atoms with E-state index in [-0.39, 0.29) is 13.2 Å². The van der Waals surface area contributed by atoms with E-state index >= 15 is 0 Å². The van der Waals surface area contributed by atoms with E-state index < -0.39 is 21.6 Å². The van der Waals surface area contributed by atoms with Gasteiger partial charge in [-0.05, 0) is 6.42 Å². The number of ether oxygens (including phenoxy) is 4. The van der Waals surface area contributed by atoms with Crippen LogP contribution >= 0.6 is 15.5 Å². The average Bonchev–Trinajstić information content (AvgIpc) is 2.55. The van der Waals surface area contributed by atoms with Gasteiger partial charge in [0.15, 0.2) is 0 Å². The van der Waals surface area contributed by atoms with Gasteiger partial charge in [0.25, 0.3) is 7.52 Å². The topological polar surface area (TPSA) is 156 Å². The second-order valence-corrected chi connectivity index (χ2v) is 10.2. The summed E-state index contributed by atoms with van der Waals surface area (Å²) >= 11 is 0. The Balaban J connectivity index is 3.20. The SMILES string of the molecule is CP(=O)(O)NCCCOCCOCCOCCOCC(O)CO[PH](C)(O)O. The number of hydrogen-bond acceptors (Lipinski definition) is 9. The number of nitrogens with one attached hydrogen (secondary N) is 1. The third-order valence-corrected chi connectivity index (χ3v) is 4.37. The zero-order valence-corrected chi connectivity index (χ0v) is 17.9. The zero-order chi connectivity index (χ0) is 20.6. The van der Waals surface area contributed by atoms with Gasteiger partial charge in [-0.15, -0.1) is 0 Å². The summed E-state index contributed by atoms with van der Waals surface area (Å²) in [6.45, 7) is 5.51. The Morgan fingerprint density at radius 1 is 0.926 bits per heavy atom. The summed E-state index contributed by atoms with van der Waals surface area (Å²) in [4.78, 5) is 27.1. The quantitative estimate of drug-likeness (QED) is 0.129. The van der Waals surface area contributed by atoms with Crippen molar-refractivity contribution in [2.45, 2.75) is 12.5 Å². The van der Waals surface area contributed by atoms with Gasteiger partial charge < -0.3 is 9.63 Å². The van der Waals surface area contributed by atoms with Crippen molar-refractivity contribution in [1.29, 1.82) is 0 Å². The monoisotopic (exact) mass is 439 g/mol. The molecule has 0 amide bonds. The van der Waals surface area contributed by atoms with Gasteiger partial charge in [0.2, 0.25) is 0 Å². The van der Waals surface area contributed by atoms with Crippen molar-refractivity contribution in [3.63, 3.8) is 0 Å². The van der Waals surface area contributed by atoms with Gasteiger partial charge in [-0.3, -0.25) is 4.57 Å². The Bertz CT molecular complexity index is 391. The fraction of sp³-hybridized carbons (Fsp3) is 1.00. The molecule has 2 atom stereocenters. The van der Waals surface area contributed by atoms with Crippen LogP contribution in [0.5, 0.6) is 0 Å². The van der Waals surface area contributed by atoms with Crippen molar-refractivity contribution < 1.29 is 47.8 Å². The predicted molar refractivity (Wildman–Crippen MR) is 102 cm³/mol. The molecule has 5 N–H and O–H groups in total. The molecule has 0 heterocycles. The third kappa shape index (κ3) is 24.2. The molecule has 0 aromatic rings. The van der Waals surface area contributed by atoms with Crippen LogP contribution in [0.1, 0.15) is 6.42 Å². The molecule has 0 spiro atoms. The molecular formula is C14H35NO10P2. The Morgan fingerprint density at radius 2 is 1.41 bits per heavy atom. The molecule has 0 rings (SSSR count). The molecule has 166 valence electrons. The van der Waals surface area contributed by atoms with Crippen LogP contribution in [0.25, 0.3) is 0 Å². The summed E-state index contributed by atoms with van der Waals surface area (Å²) in [6.07, 6.45) is -0.283. The number of aliphatic hydroxyl groups excluding tert-OH is 1. The normalized spacial score (nSPS) is 16.2. The molecular weight excluding hydrogens is 404 g/mol. The molecule has 0 saturated heterocycles. The van der Waals surface area contributed by atoms with Crippen LogP contribution in [-0.4, -0.2) is 105 Å². The summed E-state index contributed by atoms with van der Waals surface area (Å²) in [6, 6.07) is 0. The van der Waals surface area contributed by atoms with E-state index in [0.717, 1.165) is 0 Å². The van der Waals surface area contributed by atoms with E-state index in [4.69, 9.17) is 38.2 Å². The van der Waals surface area contributed by atoms with E-state index in [1.165, 1.54) is 13.3 Å². The van der Waals surface area contributed by atoms with Gasteiger partial charge in [-0.25, -0.2) is 5.09 Å². The van der Waals surface area contributed by atoms with Crippen LogP contribution in [0, 0.1) is 0 Å². The van der Waals surface area contributed by atoms with Crippen molar-refractivity contribution in [3.05, 3.63) is 0 Å². The molecule has 0 aromatic heterocycles. The van der Waals surface area contributed by atoms with Crippen LogP contribution in [0.2, 0.25) is 0 Å². The zero-order valence-electron chi connectivity index (χ0n) is 16.0. The van der Waals surface area contributed by atoms with E-state index in [0.29, 0.717) is 59.2 Å². The third-order valence-electron chi connectivity index (χ3n) is 2.85. The van der Waals surface area contributed by atoms with Gasteiger partial charge >= 0.3 is 101 Å². The van der Waals surface area contributed by atoms with Crippen LogP contribution in [0.3, 0.4) is 0 Å². The molecule has 0 aliphatic heterocycles. The molecule has 0 aliphatic carbocycles. The molecule has 27 heavy (non-hydrogen) atoms. The molecule has 0 bridgehead atoms. The van der Waals surface area contributed by atoms with Gasteiger partial charge in [-0.1, -0.05) is 0 Å². The molecule has 0 fully saturated rings. The van der Waals surface area contributed by atoms with E-state index in [1.54, 1.807) is 0 Å². The van der Waals surface area contributed by atoms with Gasteiger partial charge in [0.05, 0.1) is 6.61 Å². The molecule has 13 heteroatoms. The van der Waals surface area contributed by atoms with Gasteiger partial charge in [0.1, 0.15) is 0 Å². The Kier molecular flexibility index (Phi) is 16.3. The molecule has 0 aromatic carbocycles. The summed E-state index contributed by atoms with van der Waals surface area (Å²) in [5.41, 5.74) is 0. The first-order chi connectivity index (χ1) is 12.6. The van der Waals surface area contributed by atoms with Crippen molar-refractivity contribution in [2.24, 2.45) is 0 Å². The molecule has 0 aliphatic rings. The predicted octanol–water partition coefficient (Wildman–Crippen LogP) is -0.665. The fourth-order valence-electron chi connectivity index (χ4n) is 1.64. The van der Waals surface area contributed by atoms with E-state index in [1.807, 2.05) is 0 Å². The van der Waals surface area contributed by atoms with Crippen LogP contribution in [-0.2, 0) is 28.0 Å². The van der Waals surface area contributed by atoms with Crippen molar-refractivity contribution in [2.75, 3.05) is 79.3 Å². The first-order valence-corrected chi connectivity index (χ1v) is 13.1. The Hall–Kier alpha value is 0.260. The second kappa shape index (κ2) is 16.1. The first-order valence-electron chi connectivity index (χ1n) is 8.73. The fourth-order valence-corrected chi connectivity index (χ4v) is 2.72. The van der Waals surface area contributed by atoms with Crippen LogP contribution < -0.4 is 5.09 Å². The summed E-state index contributed by atoms with van der Waals surface area (Å²) in [5.74, 6) is 0. The maximum absolute atomic E-state index is 11.0. The first kappa shape index (κ1) is 27.3. The summed E-state index contributed by atoms with van der Waals surface area (Å²) in [7, 11) is -6.75. The number of aliphatic hydroxyl groups is 1. The van der Waals surface area contributed by atoms with Crippen LogP contribution in [0.15, 0.2) is 0 Å². The second-order valence-electron chi connectivity index (χ2n) is 5.95. The van der Waals surface area contributed by atoms with E-state index in [9.17, 15) is 9.67 Å². The van der Waals surface area contributed by atoms with Crippen molar-refractivity contribution >= 4 is 15.5 Å². The van der Waals surface area contributed by atoms with Crippen LogP contribution in [0.4, 0.5) is 0 Å². The van der Waals surface area contributed by atoms with Gasteiger partial charge in [0, 0.05) is 19.8 Å². The standard InChI is InChI=1S/C14H35NO10P2/c1-26(17,18)15-4-3-5-21-6-7-22-8-9-23-10-11-24-12-14(16)13-25-27(2,19)20/h14,16,19-20,27H,3-13H2,1-2H3,(H2,15,17,18).